The SMILES string of the molecule is O=CN1CCN(S(=O)(=O)CCCCl)CC1. The quantitative estimate of drug-likeness (QED) is 0.501. The maximum atomic E-state index is 11.7. The fourth-order valence-electron chi connectivity index (χ4n) is 1.45. The Balaban J connectivity index is 2.48. The lowest BCUT2D eigenvalue weighted by molar-refractivity contribution is -0.119. The van der Waals surface area contributed by atoms with E-state index in [4.69, 9.17) is 11.6 Å². The van der Waals surface area contributed by atoms with Gasteiger partial charge in [0.25, 0.3) is 0 Å². The number of amides is 1. The maximum Gasteiger partial charge on any atom is 0.214 e. The van der Waals surface area contributed by atoms with Crippen LogP contribution in [0.1, 0.15) is 6.42 Å². The number of alkyl halides is 1. The van der Waals surface area contributed by atoms with Crippen LogP contribution in [-0.2, 0) is 14.8 Å². The largest absolute Gasteiger partial charge is 0.343 e. The number of rotatable bonds is 5. The molecule has 0 saturated carbocycles. The fraction of sp³-hybridized carbons (Fsp3) is 0.875. The van der Waals surface area contributed by atoms with Gasteiger partial charge in [0.2, 0.25) is 16.4 Å². The number of sulfonamides is 1. The van der Waals surface area contributed by atoms with Crippen molar-refractivity contribution in [1.29, 1.82) is 0 Å². The molecule has 1 aliphatic rings. The van der Waals surface area contributed by atoms with Gasteiger partial charge in [-0.15, -0.1) is 11.6 Å². The third-order valence-corrected chi connectivity index (χ3v) is 4.58. The van der Waals surface area contributed by atoms with Crippen molar-refractivity contribution in [2.24, 2.45) is 0 Å². The van der Waals surface area contributed by atoms with Crippen molar-refractivity contribution in [3.63, 3.8) is 0 Å². The van der Waals surface area contributed by atoms with E-state index < -0.39 is 10.0 Å². The van der Waals surface area contributed by atoms with Crippen LogP contribution in [0, 0.1) is 0 Å². The lowest BCUT2D eigenvalue weighted by Crippen LogP contribution is -2.48. The van der Waals surface area contributed by atoms with Crippen molar-refractivity contribution >= 4 is 28.0 Å². The summed E-state index contributed by atoms with van der Waals surface area (Å²) in [5, 5.41) is 0. The molecule has 0 bridgehead atoms. The van der Waals surface area contributed by atoms with Crippen LogP contribution in [0.4, 0.5) is 0 Å². The molecule has 0 aromatic heterocycles. The van der Waals surface area contributed by atoms with Gasteiger partial charge in [-0.1, -0.05) is 0 Å². The van der Waals surface area contributed by atoms with Crippen LogP contribution in [0.15, 0.2) is 0 Å². The molecular weight excluding hydrogens is 240 g/mol. The molecule has 0 N–H and O–H groups in total. The number of halogens is 1. The number of carbonyl (C=O) groups is 1. The summed E-state index contributed by atoms with van der Waals surface area (Å²) in [6, 6.07) is 0. The molecule has 0 aromatic carbocycles. The van der Waals surface area contributed by atoms with Crippen LogP contribution in [0.3, 0.4) is 0 Å². The molecule has 0 aliphatic carbocycles. The number of hydrogen-bond donors (Lipinski definition) is 0. The van der Waals surface area contributed by atoms with Gasteiger partial charge in [-0.05, 0) is 6.42 Å². The highest BCUT2D eigenvalue weighted by atomic mass is 35.5. The molecule has 88 valence electrons. The topological polar surface area (TPSA) is 57.7 Å². The van der Waals surface area contributed by atoms with Gasteiger partial charge in [0.05, 0.1) is 5.75 Å². The second-order valence-electron chi connectivity index (χ2n) is 3.40. The minimum atomic E-state index is -3.17. The Morgan fingerprint density at radius 1 is 1.20 bits per heavy atom. The van der Waals surface area contributed by atoms with E-state index in [-0.39, 0.29) is 5.75 Å². The van der Waals surface area contributed by atoms with E-state index in [0.29, 0.717) is 38.5 Å². The average molecular weight is 255 g/mol. The predicted molar refractivity (Wildman–Crippen MR) is 58.3 cm³/mol. The zero-order valence-electron chi connectivity index (χ0n) is 8.43. The van der Waals surface area contributed by atoms with Crippen LogP contribution in [-0.4, -0.2) is 61.8 Å². The Labute approximate surface area is 95.0 Å². The molecule has 0 aromatic rings. The van der Waals surface area contributed by atoms with E-state index in [1.165, 1.54) is 4.31 Å². The lowest BCUT2D eigenvalue weighted by Gasteiger charge is -2.31. The molecule has 0 atom stereocenters. The van der Waals surface area contributed by atoms with E-state index in [1.807, 2.05) is 0 Å². The van der Waals surface area contributed by atoms with Crippen molar-refractivity contribution < 1.29 is 13.2 Å². The summed E-state index contributed by atoms with van der Waals surface area (Å²) in [5.41, 5.74) is 0. The molecule has 0 unspecified atom stereocenters. The first-order chi connectivity index (χ1) is 7.10. The zero-order valence-corrected chi connectivity index (χ0v) is 10.0. The normalized spacial score (nSPS) is 19.1. The van der Waals surface area contributed by atoms with Crippen molar-refractivity contribution in [3.8, 4) is 0 Å². The molecule has 1 rings (SSSR count). The molecule has 1 fully saturated rings. The summed E-state index contributed by atoms with van der Waals surface area (Å²) in [4.78, 5) is 12.0. The van der Waals surface area contributed by atoms with Gasteiger partial charge in [0, 0.05) is 32.1 Å². The highest BCUT2D eigenvalue weighted by Gasteiger charge is 2.25. The smallest absolute Gasteiger partial charge is 0.214 e. The molecule has 5 nitrogen and oxygen atoms in total. The van der Waals surface area contributed by atoms with Gasteiger partial charge >= 0.3 is 0 Å². The standard InChI is InChI=1S/C8H15ClN2O3S/c9-2-1-7-15(13,14)11-5-3-10(8-12)4-6-11/h8H,1-7H2. The van der Waals surface area contributed by atoms with Crippen LogP contribution in [0.25, 0.3) is 0 Å². The van der Waals surface area contributed by atoms with Crippen LogP contribution >= 0.6 is 11.6 Å². The molecule has 7 heteroatoms. The Hall–Kier alpha value is -0.330. The lowest BCUT2D eigenvalue weighted by atomic mass is 10.4. The molecule has 1 saturated heterocycles. The zero-order chi connectivity index (χ0) is 11.3. The Bertz CT molecular complexity index is 299. The second-order valence-corrected chi connectivity index (χ2v) is 5.87. The van der Waals surface area contributed by atoms with Gasteiger partial charge in [-0.3, -0.25) is 4.79 Å². The molecule has 1 aliphatic heterocycles. The summed E-state index contributed by atoms with van der Waals surface area (Å²) in [6.07, 6.45) is 1.22. The number of piperazine rings is 1. The minimum absolute atomic E-state index is 0.0948. The first-order valence-electron chi connectivity index (χ1n) is 4.83. The van der Waals surface area contributed by atoms with Crippen molar-refractivity contribution in [1.82, 2.24) is 9.21 Å². The Morgan fingerprint density at radius 3 is 2.27 bits per heavy atom. The molecule has 0 spiro atoms. The molecule has 0 radical (unpaired) electrons. The van der Waals surface area contributed by atoms with Gasteiger partial charge in [0.1, 0.15) is 0 Å². The predicted octanol–water partition coefficient (Wildman–Crippen LogP) is -0.281. The van der Waals surface area contributed by atoms with E-state index >= 15 is 0 Å². The van der Waals surface area contributed by atoms with Gasteiger partial charge in [0.15, 0.2) is 0 Å². The van der Waals surface area contributed by atoms with Crippen LogP contribution in [0.5, 0.6) is 0 Å². The minimum Gasteiger partial charge on any atom is -0.343 e. The summed E-state index contributed by atoms with van der Waals surface area (Å²) in [6.45, 7) is 1.74. The Kier molecular flexibility index (Phi) is 4.82. The first-order valence-corrected chi connectivity index (χ1v) is 6.97. The Morgan fingerprint density at radius 2 is 1.80 bits per heavy atom. The highest BCUT2D eigenvalue weighted by Crippen LogP contribution is 2.08. The van der Waals surface area contributed by atoms with Crippen molar-refractivity contribution in [2.75, 3.05) is 37.8 Å². The van der Waals surface area contributed by atoms with Gasteiger partial charge in [-0.25, -0.2) is 8.42 Å². The third-order valence-electron chi connectivity index (χ3n) is 2.35. The second kappa shape index (κ2) is 5.67. The number of hydrogen-bond acceptors (Lipinski definition) is 3. The van der Waals surface area contributed by atoms with Crippen LogP contribution in [0.2, 0.25) is 0 Å². The summed E-state index contributed by atoms with van der Waals surface area (Å²) in [5.74, 6) is 0.450. The fourth-order valence-corrected chi connectivity index (χ4v) is 3.23. The van der Waals surface area contributed by atoms with Gasteiger partial charge in [-0.2, -0.15) is 4.31 Å². The van der Waals surface area contributed by atoms with Crippen molar-refractivity contribution in [3.05, 3.63) is 0 Å². The summed E-state index contributed by atoms with van der Waals surface area (Å²) < 4.78 is 24.8. The van der Waals surface area contributed by atoms with E-state index in [1.54, 1.807) is 4.90 Å². The van der Waals surface area contributed by atoms with Gasteiger partial charge < -0.3 is 4.90 Å². The molecular formula is C8H15ClN2O3S. The first kappa shape index (κ1) is 12.7. The molecule has 15 heavy (non-hydrogen) atoms. The van der Waals surface area contributed by atoms with Crippen molar-refractivity contribution in [2.45, 2.75) is 6.42 Å². The number of nitrogens with zero attached hydrogens (tertiary/aromatic N) is 2. The van der Waals surface area contributed by atoms with E-state index in [9.17, 15) is 13.2 Å². The van der Waals surface area contributed by atoms with Crippen LogP contribution < -0.4 is 0 Å². The molecule has 1 heterocycles. The summed E-state index contributed by atoms with van der Waals surface area (Å²) >= 11 is 5.45. The van der Waals surface area contributed by atoms with E-state index in [0.717, 1.165) is 6.41 Å². The highest BCUT2D eigenvalue weighted by molar-refractivity contribution is 7.89. The third kappa shape index (κ3) is 3.62. The number of carbonyl (C=O) groups excluding carboxylic acids is 1. The monoisotopic (exact) mass is 254 g/mol. The van der Waals surface area contributed by atoms with E-state index in [2.05, 4.69) is 0 Å². The average Bonchev–Trinajstić information content (AvgIpc) is 2.26. The maximum absolute atomic E-state index is 11.7. The molecule has 1 amide bonds. The summed E-state index contributed by atoms with van der Waals surface area (Å²) in [7, 11) is -3.17.